The monoisotopic (exact) mass is 480 g/mol. The average molecular weight is 481 g/mol. The molecule has 5 N–H and O–H groups in total. The first-order chi connectivity index (χ1) is 16.4. The van der Waals surface area contributed by atoms with Gasteiger partial charge in [0.2, 0.25) is 0 Å². The molecule has 0 radical (unpaired) electrons. The van der Waals surface area contributed by atoms with E-state index < -0.39 is 11.2 Å². The van der Waals surface area contributed by atoms with Gasteiger partial charge in [-0.05, 0) is 59.6 Å². The fourth-order valence-corrected chi connectivity index (χ4v) is 4.21. The Labute approximate surface area is 203 Å². The standard InChI is InChI=1S/C25H32N6O4/c1-13-6-7-17-16(12-13)14(2)21(34-17)20(18-19(26)23(32)30-29-22(18)27)28-15-8-10-31(11-9-15)24(33)35-25(3,4)5/h6-7,12,15H,8-11H2,1-5H3,(H,30,32)(H4,26,27,29). The number of benzene rings is 1. The topological polar surface area (TPSA) is 153 Å². The number of ether oxygens (including phenoxy) is 1. The highest BCUT2D eigenvalue weighted by Crippen LogP contribution is 2.31. The molecular formula is C25H32N6O4. The van der Waals surface area contributed by atoms with Gasteiger partial charge < -0.3 is 25.5 Å². The Morgan fingerprint density at radius 1 is 1.23 bits per heavy atom. The molecular weight excluding hydrogens is 448 g/mol. The number of amides is 1. The second kappa shape index (κ2) is 9.09. The average Bonchev–Trinajstić information content (AvgIpc) is 3.11. The van der Waals surface area contributed by atoms with Crippen LogP contribution in [-0.4, -0.2) is 51.6 Å². The van der Waals surface area contributed by atoms with Crippen LogP contribution in [0.5, 0.6) is 0 Å². The van der Waals surface area contributed by atoms with Crippen LogP contribution in [-0.2, 0) is 4.74 Å². The van der Waals surface area contributed by atoms with E-state index in [9.17, 15) is 9.59 Å². The minimum Gasteiger partial charge on any atom is -0.454 e. The summed E-state index contributed by atoms with van der Waals surface area (Å²) in [5.74, 6) is 0.550. The SMILES string of the molecule is Cc1ccc2oc(C(=NC3CCN(C(=O)OC(C)(C)C)CC3)c3c(N)n[nH]c(=O)c3N)c(C)c2c1. The van der Waals surface area contributed by atoms with E-state index in [1.807, 2.05) is 52.8 Å². The number of piperidine rings is 1. The van der Waals surface area contributed by atoms with Gasteiger partial charge in [-0.15, -0.1) is 0 Å². The van der Waals surface area contributed by atoms with Crippen LogP contribution in [0.25, 0.3) is 11.0 Å². The molecule has 4 rings (SSSR count). The van der Waals surface area contributed by atoms with Gasteiger partial charge in [0.1, 0.15) is 22.6 Å². The van der Waals surface area contributed by atoms with Crippen molar-refractivity contribution in [2.24, 2.45) is 4.99 Å². The summed E-state index contributed by atoms with van der Waals surface area (Å²) in [5, 5.41) is 7.17. The summed E-state index contributed by atoms with van der Waals surface area (Å²) in [7, 11) is 0. The maximum absolute atomic E-state index is 12.5. The third kappa shape index (κ3) is 5.01. The minimum atomic E-state index is -0.557. The molecule has 0 saturated carbocycles. The van der Waals surface area contributed by atoms with Crippen LogP contribution in [0.15, 0.2) is 32.4 Å². The van der Waals surface area contributed by atoms with Gasteiger partial charge in [0.25, 0.3) is 5.56 Å². The third-order valence-corrected chi connectivity index (χ3v) is 6.02. The number of rotatable bonds is 3. The molecule has 1 saturated heterocycles. The largest absolute Gasteiger partial charge is 0.454 e. The number of aliphatic imine (C=N–C) groups is 1. The summed E-state index contributed by atoms with van der Waals surface area (Å²) in [6.45, 7) is 10.5. The Hall–Kier alpha value is -3.82. The van der Waals surface area contributed by atoms with Crippen molar-refractivity contribution in [3.8, 4) is 0 Å². The molecule has 10 nitrogen and oxygen atoms in total. The quantitative estimate of drug-likeness (QED) is 0.485. The Morgan fingerprint density at radius 3 is 2.57 bits per heavy atom. The highest BCUT2D eigenvalue weighted by molar-refractivity contribution is 6.18. The number of aryl methyl sites for hydroxylation is 2. The Balaban J connectivity index is 1.74. The maximum atomic E-state index is 12.5. The lowest BCUT2D eigenvalue weighted by atomic mass is 10.0. The molecule has 0 bridgehead atoms. The number of anilines is 2. The van der Waals surface area contributed by atoms with Crippen LogP contribution in [0.2, 0.25) is 0 Å². The highest BCUT2D eigenvalue weighted by Gasteiger charge is 2.29. The summed E-state index contributed by atoms with van der Waals surface area (Å²) in [4.78, 5) is 31.4. The number of nitrogens with two attached hydrogens (primary N) is 2. The van der Waals surface area contributed by atoms with Crippen LogP contribution in [0.4, 0.5) is 16.3 Å². The van der Waals surface area contributed by atoms with Gasteiger partial charge in [-0.2, -0.15) is 5.10 Å². The van der Waals surface area contributed by atoms with Gasteiger partial charge in [-0.3, -0.25) is 9.79 Å². The minimum absolute atomic E-state index is 0.0584. The van der Waals surface area contributed by atoms with Crippen molar-refractivity contribution < 1.29 is 13.9 Å². The van der Waals surface area contributed by atoms with Crippen LogP contribution >= 0.6 is 0 Å². The van der Waals surface area contributed by atoms with Gasteiger partial charge in [-0.25, -0.2) is 9.89 Å². The number of hydrogen-bond acceptors (Lipinski definition) is 8. The van der Waals surface area contributed by atoms with E-state index >= 15 is 0 Å². The summed E-state index contributed by atoms with van der Waals surface area (Å²) < 4.78 is 11.7. The number of likely N-dealkylation sites (tertiary alicyclic amines) is 1. The van der Waals surface area contributed by atoms with Gasteiger partial charge in [-0.1, -0.05) is 11.6 Å². The fraction of sp³-hybridized carbons (Fsp3) is 0.440. The normalized spacial score (nSPS) is 15.6. The smallest absolute Gasteiger partial charge is 0.410 e. The fourth-order valence-electron chi connectivity index (χ4n) is 4.21. The Morgan fingerprint density at radius 2 is 1.91 bits per heavy atom. The Bertz CT molecular complexity index is 1360. The number of aromatic amines is 1. The van der Waals surface area contributed by atoms with E-state index in [4.69, 9.17) is 25.6 Å². The molecule has 3 heterocycles. The van der Waals surface area contributed by atoms with E-state index in [0.29, 0.717) is 43.0 Å². The van der Waals surface area contributed by atoms with Crippen molar-refractivity contribution in [1.29, 1.82) is 0 Å². The lowest BCUT2D eigenvalue weighted by Gasteiger charge is -2.32. The number of fused-ring (bicyclic) bond motifs is 1. The van der Waals surface area contributed by atoms with Crippen molar-refractivity contribution >= 4 is 34.3 Å². The molecule has 3 aromatic rings. The first-order valence-electron chi connectivity index (χ1n) is 11.6. The number of nitrogen functional groups attached to an aromatic ring is 2. The lowest BCUT2D eigenvalue weighted by molar-refractivity contribution is 0.0207. The first-order valence-corrected chi connectivity index (χ1v) is 11.6. The molecule has 10 heteroatoms. The van der Waals surface area contributed by atoms with Gasteiger partial charge in [0.05, 0.1) is 11.6 Å². The molecule has 1 aliphatic rings. The molecule has 1 aromatic carbocycles. The molecule has 186 valence electrons. The number of nitrogens with zero attached hydrogens (tertiary/aromatic N) is 3. The van der Waals surface area contributed by atoms with Crippen molar-refractivity contribution in [3.05, 3.63) is 51.0 Å². The van der Waals surface area contributed by atoms with Crippen LogP contribution in [0.3, 0.4) is 0 Å². The van der Waals surface area contributed by atoms with Gasteiger partial charge >= 0.3 is 6.09 Å². The molecule has 35 heavy (non-hydrogen) atoms. The van der Waals surface area contributed by atoms with E-state index in [-0.39, 0.29) is 29.2 Å². The number of carbonyl (C=O) groups excluding carboxylic acids is 1. The van der Waals surface area contributed by atoms with Crippen molar-refractivity contribution in [3.63, 3.8) is 0 Å². The Kier molecular flexibility index (Phi) is 6.31. The van der Waals surface area contributed by atoms with Gasteiger partial charge in [0, 0.05) is 24.0 Å². The number of furan rings is 1. The predicted molar refractivity (Wildman–Crippen MR) is 136 cm³/mol. The molecule has 0 atom stereocenters. The second-order valence-corrected chi connectivity index (χ2v) is 9.96. The summed E-state index contributed by atoms with van der Waals surface area (Å²) in [6.07, 6.45) is 0.880. The molecule has 2 aromatic heterocycles. The van der Waals surface area contributed by atoms with Crippen molar-refractivity contribution in [2.45, 2.75) is 59.1 Å². The second-order valence-electron chi connectivity index (χ2n) is 9.96. The van der Waals surface area contributed by atoms with Crippen LogP contribution < -0.4 is 17.0 Å². The summed E-state index contributed by atoms with van der Waals surface area (Å²) in [5.41, 5.74) is 14.5. The highest BCUT2D eigenvalue weighted by atomic mass is 16.6. The third-order valence-electron chi connectivity index (χ3n) is 6.02. The van der Waals surface area contributed by atoms with Crippen LogP contribution in [0, 0.1) is 13.8 Å². The first kappa shape index (κ1) is 24.3. The predicted octanol–water partition coefficient (Wildman–Crippen LogP) is 3.53. The number of aromatic nitrogens is 2. The maximum Gasteiger partial charge on any atom is 0.410 e. The molecule has 1 fully saturated rings. The molecule has 1 aliphatic heterocycles. The van der Waals surface area contributed by atoms with Crippen molar-refractivity contribution in [2.75, 3.05) is 24.6 Å². The van der Waals surface area contributed by atoms with E-state index in [2.05, 4.69) is 10.2 Å². The lowest BCUT2D eigenvalue weighted by Crippen LogP contribution is -2.42. The number of H-pyrrole nitrogens is 1. The zero-order valence-corrected chi connectivity index (χ0v) is 20.8. The van der Waals surface area contributed by atoms with Crippen molar-refractivity contribution in [1.82, 2.24) is 15.1 Å². The zero-order chi connectivity index (χ0) is 25.5. The summed E-state index contributed by atoms with van der Waals surface area (Å²) in [6, 6.07) is 5.77. The molecule has 0 unspecified atom stereocenters. The van der Waals surface area contributed by atoms with E-state index in [1.165, 1.54) is 0 Å². The number of hydrogen-bond donors (Lipinski definition) is 3. The summed E-state index contributed by atoms with van der Waals surface area (Å²) >= 11 is 0. The number of nitrogens with one attached hydrogen (secondary N) is 1. The van der Waals surface area contributed by atoms with Crippen LogP contribution in [0.1, 0.15) is 56.1 Å². The zero-order valence-electron chi connectivity index (χ0n) is 20.8. The van der Waals surface area contributed by atoms with Gasteiger partial charge in [0.15, 0.2) is 11.6 Å². The molecule has 1 amide bonds. The number of carbonyl (C=O) groups is 1. The van der Waals surface area contributed by atoms with E-state index in [1.54, 1.807) is 4.90 Å². The molecule has 0 aliphatic carbocycles. The molecule has 0 spiro atoms. The van der Waals surface area contributed by atoms with E-state index in [0.717, 1.165) is 16.5 Å².